The van der Waals surface area contributed by atoms with Gasteiger partial charge in [0.15, 0.2) is 0 Å². The molecule has 1 nitrogen and oxygen atoms in total. The van der Waals surface area contributed by atoms with E-state index in [2.05, 4.69) is 37.9 Å². The number of hydrogen-bond acceptors (Lipinski definition) is 2. The molecule has 0 saturated heterocycles. The van der Waals surface area contributed by atoms with Gasteiger partial charge < -0.3 is 0 Å². The predicted molar refractivity (Wildman–Crippen MR) is 49.2 cm³/mol. The van der Waals surface area contributed by atoms with Crippen molar-refractivity contribution in [1.82, 2.24) is 0 Å². The highest BCUT2D eigenvalue weighted by Crippen LogP contribution is 2.36. The van der Waals surface area contributed by atoms with Gasteiger partial charge in [-0.1, -0.05) is 0 Å². The first-order valence-corrected chi connectivity index (χ1v) is 4.91. The first-order chi connectivity index (χ1) is 4.66. The summed E-state index contributed by atoms with van der Waals surface area (Å²) in [7, 11) is 0. The highest BCUT2D eigenvalue weighted by Gasteiger charge is 2.09. The molecule has 0 aliphatic rings. The molecule has 0 atom stereocenters. The standard InChI is InChI=1S/C6H3Br2NS/c1-3-4(2-9)10-6(8)5(3)7/h1H3. The van der Waals surface area contributed by atoms with E-state index < -0.39 is 0 Å². The summed E-state index contributed by atoms with van der Waals surface area (Å²) >= 11 is 8.13. The second kappa shape index (κ2) is 3.04. The number of nitriles is 1. The second-order valence-electron chi connectivity index (χ2n) is 1.76. The Bertz CT molecular complexity index is 297. The Morgan fingerprint density at radius 1 is 1.50 bits per heavy atom. The van der Waals surface area contributed by atoms with Gasteiger partial charge in [0.05, 0.1) is 3.79 Å². The van der Waals surface area contributed by atoms with Gasteiger partial charge in [-0.05, 0) is 44.3 Å². The minimum Gasteiger partial charge on any atom is -0.192 e. The van der Waals surface area contributed by atoms with Crippen molar-refractivity contribution in [2.45, 2.75) is 6.92 Å². The smallest absolute Gasteiger partial charge is 0.110 e. The zero-order chi connectivity index (χ0) is 7.72. The van der Waals surface area contributed by atoms with Crippen molar-refractivity contribution < 1.29 is 0 Å². The molecule has 1 rings (SSSR count). The van der Waals surface area contributed by atoms with E-state index in [9.17, 15) is 0 Å². The van der Waals surface area contributed by atoms with Crippen LogP contribution in [0, 0.1) is 18.3 Å². The maximum Gasteiger partial charge on any atom is 0.110 e. The fourth-order valence-electron chi connectivity index (χ4n) is 0.565. The van der Waals surface area contributed by atoms with Gasteiger partial charge in [0, 0.05) is 4.47 Å². The molecule has 0 fully saturated rings. The van der Waals surface area contributed by atoms with Gasteiger partial charge in [-0.25, -0.2) is 0 Å². The van der Waals surface area contributed by atoms with E-state index in [1.807, 2.05) is 6.92 Å². The van der Waals surface area contributed by atoms with Gasteiger partial charge in [-0.3, -0.25) is 0 Å². The largest absolute Gasteiger partial charge is 0.192 e. The molecule has 0 unspecified atom stereocenters. The number of rotatable bonds is 0. The molecule has 1 aromatic rings. The molecule has 4 heteroatoms. The van der Waals surface area contributed by atoms with Crippen LogP contribution in [-0.2, 0) is 0 Å². The number of thiophene rings is 1. The predicted octanol–water partition coefficient (Wildman–Crippen LogP) is 3.45. The zero-order valence-electron chi connectivity index (χ0n) is 5.11. The van der Waals surface area contributed by atoms with Crippen molar-refractivity contribution >= 4 is 43.2 Å². The second-order valence-corrected chi connectivity index (χ2v) is 4.89. The van der Waals surface area contributed by atoms with E-state index in [0.717, 1.165) is 18.7 Å². The van der Waals surface area contributed by atoms with Crippen LogP contribution < -0.4 is 0 Å². The molecule has 0 aliphatic carbocycles. The van der Waals surface area contributed by atoms with Crippen molar-refractivity contribution in [3.8, 4) is 6.07 Å². The number of hydrogen-bond donors (Lipinski definition) is 0. The summed E-state index contributed by atoms with van der Waals surface area (Å²) in [6.07, 6.45) is 0. The van der Waals surface area contributed by atoms with Crippen LogP contribution in [0.25, 0.3) is 0 Å². The Hall–Kier alpha value is 0.150. The lowest BCUT2D eigenvalue weighted by Crippen LogP contribution is -1.69. The molecular formula is C6H3Br2NS. The molecule has 1 heterocycles. The van der Waals surface area contributed by atoms with Gasteiger partial charge >= 0.3 is 0 Å². The third kappa shape index (κ3) is 1.26. The minimum atomic E-state index is 0.763. The van der Waals surface area contributed by atoms with E-state index >= 15 is 0 Å². The van der Waals surface area contributed by atoms with Gasteiger partial charge in [-0.2, -0.15) is 5.26 Å². The summed E-state index contributed by atoms with van der Waals surface area (Å²) in [4.78, 5) is 0.763. The van der Waals surface area contributed by atoms with Crippen LogP contribution in [0.3, 0.4) is 0 Å². The van der Waals surface area contributed by atoms with Gasteiger partial charge in [-0.15, -0.1) is 11.3 Å². The molecule has 0 aromatic carbocycles. The van der Waals surface area contributed by atoms with Crippen LogP contribution in [0.15, 0.2) is 8.26 Å². The van der Waals surface area contributed by atoms with E-state index in [1.54, 1.807) is 0 Å². The van der Waals surface area contributed by atoms with Crippen molar-refractivity contribution in [1.29, 1.82) is 5.26 Å². The van der Waals surface area contributed by atoms with Crippen molar-refractivity contribution in [3.63, 3.8) is 0 Å². The lowest BCUT2D eigenvalue weighted by atomic mass is 10.3. The van der Waals surface area contributed by atoms with Gasteiger partial charge in [0.2, 0.25) is 0 Å². The first-order valence-electron chi connectivity index (χ1n) is 2.51. The summed E-state index contributed by atoms with van der Waals surface area (Å²) in [5.41, 5.74) is 1.01. The Kier molecular flexibility index (Phi) is 2.50. The molecule has 0 N–H and O–H groups in total. The summed E-state index contributed by atoms with van der Waals surface area (Å²) in [6, 6.07) is 2.12. The SMILES string of the molecule is Cc1c(C#N)sc(Br)c1Br. The molecule has 1 aromatic heterocycles. The molecule has 0 saturated carbocycles. The van der Waals surface area contributed by atoms with E-state index in [0.29, 0.717) is 0 Å². The van der Waals surface area contributed by atoms with Crippen LogP contribution in [0.4, 0.5) is 0 Å². The molecule has 0 aliphatic heterocycles. The fourth-order valence-corrected chi connectivity index (χ4v) is 2.64. The van der Waals surface area contributed by atoms with Crippen molar-refractivity contribution in [2.75, 3.05) is 0 Å². The topological polar surface area (TPSA) is 23.8 Å². The van der Waals surface area contributed by atoms with Gasteiger partial charge in [0.25, 0.3) is 0 Å². The number of halogens is 2. The highest BCUT2D eigenvalue weighted by atomic mass is 79.9. The van der Waals surface area contributed by atoms with Crippen LogP contribution in [-0.4, -0.2) is 0 Å². The maximum atomic E-state index is 8.57. The Morgan fingerprint density at radius 3 is 2.30 bits per heavy atom. The van der Waals surface area contributed by atoms with Crippen LogP contribution in [0.2, 0.25) is 0 Å². The number of nitrogens with zero attached hydrogens (tertiary/aromatic N) is 1. The average Bonchev–Trinajstić information content (AvgIpc) is 2.17. The van der Waals surface area contributed by atoms with Crippen LogP contribution >= 0.6 is 43.2 Å². The van der Waals surface area contributed by atoms with E-state index in [4.69, 9.17) is 5.26 Å². The maximum absolute atomic E-state index is 8.57. The third-order valence-electron chi connectivity index (χ3n) is 1.14. The molecular weight excluding hydrogens is 278 g/mol. The Morgan fingerprint density at radius 2 is 2.10 bits per heavy atom. The first kappa shape index (κ1) is 8.25. The van der Waals surface area contributed by atoms with E-state index in [-0.39, 0.29) is 0 Å². The molecule has 0 radical (unpaired) electrons. The van der Waals surface area contributed by atoms with Crippen LogP contribution in [0.5, 0.6) is 0 Å². The monoisotopic (exact) mass is 279 g/mol. The molecule has 0 bridgehead atoms. The lowest BCUT2D eigenvalue weighted by Gasteiger charge is -1.84. The lowest BCUT2D eigenvalue weighted by molar-refractivity contribution is 1.44. The average molecular weight is 281 g/mol. The minimum absolute atomic E-state index is 0.763. The normalized spacial score (nSPS) is 9.40. The van der Waals surface area contributed by atoms with E-state index in [1.165, 1.54) is 11.3 Å². The molecule has 0 spiro atoms. The van der Waals surface area contributed by atoms with Crippen molar-refractivity contribution in [3.05, 3.63) is 18.7 Å². The summed E-state index contributed by atoms with van der Waals surface area (Å²) in [5, 5.41) is 8.57. The third-order valence-corrected chi connectivity index (χ3v) is 4.79. The Balaban J connectivity index is 3.34. The summed E-state index contributed by atoms with van der Waals surface area (Å²) in [5.74, 6) is 0. The van der Waals surface area contributed by atoms with Crippen molar-refractivity contribution in [2.24, 2.45) is 0 Å². The Labute approximate surface area is 79.9 Å². The summed E-state index contributed by atoms with van der Waals surface area (Å²) < 4.78 is 1.98. The molecule has 10 heavy (non-hydrogen) atoms. The molecule has 52 valence electrons. The fraction of sp³-hybridized carbons (Fsp3) is 0.167. The quantitative estimate of drug-likeness (QED) is 0.714. The zero-order valence-corrected chi connectivity index (χ0v) is 9.10. The molecule has 0 amide bonds. The van der Waals surface area contributed by atoms with Gasteiger partial charge in [0.1, 0.15) is 10.9 Å². The van der Waals surface area contributed by atoms with Crippen LogP contribution in [0.1, 0.15) is 10.4 Å². The summed E-state index contributed by atoms with van der Waals surface area (Å²) in [6.45, 7) is 1.92. The highest BCUT2D eigenvalue weighted by molar-refractivity contribution is 9.13.